The molecule has 4 aliphatic carbocycles. The highest BCUT2D eigenvalue weighted by Gasteiger charge is 2.55. The van der Waals surface area contributed by atoms with Crippen LogP contribution in [0.5, 0.6) is 0 Å². The van der Waals surface area contributed by atoms with Crippen molar-refractivity contribution in [2.75, 3.05) is 31.2 Å². The first-order valence-corrected chi connectivity index (χ1v) is 14.9. The molecule has 1 spiro atoms. The summed E-state index contributed by atoms with van der Waals surface area (Å²) in [6.45, 7) is 1.66. The molecule has 0 unspecified atom stereocenters. The number of rotatable bonds is 6. The van der Waals surface area contributed by atoms with E-state index in [9.17, 15) is 14.4 Å². The average molecular weight is 546 g/mol. The van der Waals surface area contributed by atoms with E-state index in [1.54, 1.807) is 23.3 Å². The van der Waals surface area contributed by atoms with Crippen molar-refractivity contribution >= 4 is 23.5 Å². The first-order valence-electron chi connectivity index (χ1n) is 14.9. The van der Waals surface area contributed by atoms with Gasteiger partial charge in [-0.1, -0.05) is 18.2 Å². The molecule has 6 aliphatic rings. The van der Waals surface area contributed by atoms with Crippen LogP contribution in [0.4, 0.5) is 10.5 Å². The summed E-state index contributed by atoms with van der Waals surface area (Å²) in [7, 11) is 0. The van der Waals surface area contributed by atoms with Crippen LogP contribution in [0.1, 0.15) is 57.1 Å². The molecule has 1 aromatic carbocycles. The monoisotopic (exact) mass is 545 g/mol. The van der Waals surface area contributed by atoms with Crippen LogP contribution >= 0.6 is 0 Å². The quantitative estimate of drug-likeness (QED) is 0.577. The van der Waals surface area contributed by atoms with Gasteiger partial charge in [-0.15, -0.1) is 0 Å². The van der Waals surface area contributed by atoms with Crippen molar-refractivity contribution < 1.29 is 18.8 Å². The standard InChI is InChI=1S/C31H39N5O4/c37-27(32-19-26-7-4-12-40-26)20-35-21-36(25-5-2-1-3-6-25)31(28(35)38)8-10-34(11-9-31)29(39)33-30-16-22-13-23(17-30)15-24(14-22)18-30/h1-7,12,22-24H,8-11,13-21H2,(H,32,37)(H,33,39). The van der Waals surface area contributed by atoms with Gasteiger partial charge in [0.05, 0.1) is 19.5 Å². The van der Waals surface area contributed by atoms with Crippen LogP contribution in [0, 0.1) is 17.8 Å². The molecule has 0 atom stereocenters. The molecular weight excluding hydrogens is 506 g/mol. The number of urea groups is 1. The molecule has 2 N–H and O–H groups in total. The maximum Gasteiger partial charge on any atom is 0.317 e. The molecule has 2 saturated heterocycles. The number of para-hydroxylation sites is 1. The van der Waals surface area contributed by atoms with Gasteiger partial charge in [0.1, 0.15) is 17.8 Å². The maximum atomic E-state index is 14.0. The molecule has 40 heavy (non-hydrogen) atoms. The molecule has 1 aromatic heterocycles. The van der Waals surface area contributed by atoms with E-state index in [0.717, 1.165) is 42.7 Å². The van der Waals surface area contributed by atoms with Crippen molar-refractivity contribution in [2.24, 2.45) is 17.8 Å². The summed E-state index contributed by atoms with van der Waals surface area (Å²) in [6.07, 6.45) is 10.1. The van der Waals surface area contributed by atoms with E-state index in [4.69, 9.17) is 4.42 Å². The SMILES string of the molecule is O=C(CN1CN(c2ccccc2)C2(CCN(C(=O)NC34CC5CC(CC(C5)C3)C4)CC2)C1=O)NCc1ccco1. The number of amides is 4. The Morgan fingerprint density at radius 1 is 0.925 bits per heavy atom. The van der Waals surface area contributed by atoms with E-state index in [1.165, 1.54) is 19.3 Å². The van der Waals surface area contributed by atoms with Gasteiger partial charge in [0.2, 0.25) is 5.91 Å². The summed E-state index contributed by atoms with van der Waals surface area (Å²) in [6, 6.07) is 13.6. The van der Waals surface area contributed by atoms with Crippen LogP contribution in [0.3, 0.4) is 0 Å². The summed E-state index contributed by atoms with van der Waals surface area (Å²) in [5.41, 5.74) is 0.168. The molecule has 2 aliphatic heterocycles. The summed E-state index contributed by atoms with van der Waals surface area (Å²) in [4.78, 5) is 46.0. The molecule has 3 heterocycles. The van der Waals surface area contributed by atoms with E-state index in [1.807, 2.05) is 35.2 Å². The van der Waals surface area contributed by atoms with Crippen molar-refractivity contribution in [1.82, 2.24) is 20.4 Å². The molecule has 4 amide bonds. The highest BCUT2D eigenvalue weighted by atomic mass is 16.3. The highest BCUT2D eigenvalue weighted by Crippen LogP contribution is 2.55. The van der Waals surface area contributed by atoms with Crippen LogP contribution < -0.4 is 15.5 Å². The number of anilines is 1. The number of carbonyl (C=O) groups is 3. The predicted octanol–water partition coefficient (Wildman–Crippen LogP) is 3.72. The number of nitrogens with zero attached hydrogens (tertiary/aromatic N) is 3. The number of benzene rings is 1. The summed E-state index contributed by atoms with van der Waals surface area (Å²) < 4.78 is 5.31. The fourth-order valence-electron chi connectivity index (χ4n) is 8.80. The van der Waals surface area contributed by atoms with Crippen LogP contribution in [0.15, 0.2) is 53.1 Å². The molecule has 8 rings (SSSR count). The Hall–Kier alpha value is -3.49. The fourth-order valence-corrected chi connectivity index (χ4v) is 8.80. The lowest BCUT2D eigenvalue weighted by atomic mass is 9.53. The van der Waals surface area contributed by atoms with E-state index >= 15 is 0 Å². The van der Waals surface area contributed by atoms with Crippen molar-refractivity contribution in [2.45, 2.75) is 69.0 Å². The van der Waals surface area contributed by atoms with Gasteiger partial charge in [-0.25, -0.2) is 4.79 Å². The maximum absolute atomic E-state index is 14.0. The minimum absolute atomic E-state index is 0.0130. The Kier molecular flexibility index (Phi) is 6.28. The zero-order valence-corrected chi connectivity index (χ0v) is 23.0. The molecule has 2 aromatic rings. The Labute approximate surface area is 235 Å². The van der Waals surface area contributed by atoms with Gasteiger partial charge in [-0.05, 0) is 93.4 Å². The third-order valence-electron chi connectivity index (χ3n) is 10.2. The van der Waals surface area contributed by atoms with Gasteiger partial charge in [-0.3, -0.25) is 9.59 Å². The van der Waals surface area contributed by atoms with Crippen LogP contribution in [0.2, 0.25) is 0 Å². The Balaban J connectivity index is 1.03. The average Bonchev–Trinajstić information content (AvgIpc) is 3.55. The van der Waals surface area contributed by atoms with E-state index in [0.29, 0.717) is 38.4 Å². The van der Waals surface area contributed by atoms with Gasteiger partial charge in [0, 0.05) is 24.3 Å². The second-order valence-electron chi connectivity index (χ2n) is 12.9. The minimum atomic E-state index is -0.764. The molecule has 9 nitrogen and oxygen atoms in total. The largest absolute Gasteiger partial charge is 0.467 e. The molecule has 4 saturated carbocycles. The lowest BCUT2D eigenvalue weighted by molar-refractivity contribution is -0.137. The van der Waals surface area contributed by atoms with Gasteiger partial charge in [0.25, 0.3) is 5.91 Å². The molecule has 212 valence electrons. The topological polar surface area (TPSA) is 98.1 Å². The highest BCUT2D eigenvalue weighted by molar-refractivity contribution is 5.96. The Bertz CT molecular complexity index is 1220. The van der Waals surface area contributed by atoms with Crippen LogP contribution in [-0.4, -0.2) is 65.0 Å². The Morgan fingerprint density at radius 2 is 1.60 bits per heavy atom. The zero-order valence-electron chi connectivity index (χ0n) is 23.0. The lowest BCUT2D eigenvalue weighted by Gasteiger charge is -2.57. The first kappa shape index (κ1) is 25.5. The molecule has 0 radical (unpaired) electrons. The number of piperidine rings is 1. The summed E-state index contributed by atoms with van der Waals surface area (Å²) >= 11 is 0. The van der Waals surface area contributed by atoms with Gasteiger partial charge < -0.3 is 29.8 Å². The van der Waals surface area contributed by atoms with E-state index in [2.05, 4.69) is 15.5 Å². The molecular formula is C31H39N5O4. The number of likely N-dealkylation sites (tertiary alicyclic amines) is 1. The molecule has 6 fully saturated rings. The first-order chi connectivity index (χ1) is 19.4. The second kappa shape index (κ2) is 9.85. The van der Waals surface area contributed by atoms with Gasteiger partial charge in [0.15, 0.2) is 0 Å². The van der Waals surface area contributed by atoms with Crippen molar-refractivity contribution in [3.05, 3.63) is 54.5 Å². The molecule has 4 bridgehead atoms. The Morgan fingerprint density at radius 3 is 2.23 bits per heavy atom. The number of nitrogens with one attached hydrogen (secondary N) is 2. The normalized spacial score (nSPS) is 30.2. The number of furan rings is 1. The number of carbonyl (C=O) groups excluding carboxylic acids is 3. The fraction of sp³-hybridized carbons (Fsp3) is 0.581. The van der Waals surface area contributed by atoms with E-state index < -0.39 is 5.54 Å². The minimum Gasteiger partial charge on any atom is -0.467 e. The van der Waals surface area contributed by atoms with E-state index in [-0.39, 0.29) is 36.5 Å². The number of hydrogen-bond donors (Lipinski definition) is 2. The predicted molar refractivity (Wildman–Crippen MR) is 149 cm³/mol. The van der Waals surface area contributed by atoms with Crippen molar-refractivity contribution in [3.63, 3.8) is 0 Å². The zero-order chi connectivity index (χ0) is 27.3. The van der Waals surface area contributed by atoms with Crippen LogP contribution in [-0.2, 0) is 16.1 Å². The summed E-state index contributed by atoms with van der Waals surface area (Å²) in [5.74, 6) is 2.73. The third-order valence-corrected chi connectivity index (χ3v) is 10.2. The number of hydrogen-bond acceptors (Lipinski definition) is 5. The van der Waals surface area contributed by atoms with Crippen molar-refractivity contribution in [1.29, 1.82) is 0 Å². The summed E-state index contributed by atoms with van der Waals surface area (Å²) in [5, 5.41) is 6.36. The molecule has 9 heteroatoms. The van der Waals surface area contributed by atoms with Gasteiger partial charge >= 0.3 is 6.03 Å². The smallest absolute Gasteiger partial charge is 0.317 e. The second-order valence-corrected chi connectivity index (χ2v) is 12.9. The van der Waals surface area contributed by atoms with Crippen molar-refractivity contribution in [3.8, 4) is 0 Å². The van der Waals surface area contributed by atoms with Crippen LogP contribution in [0.25, 0.3) is 0 Å². The lowest BCUT2D eigenvalue weighted by Crippen LogP contribution is -2.64. The van der Waals surface area contributed by atoms with Gasteiger partial charge in [-0.2, -0.15) is 0 Å². The third kappa shape index (κ3) is 4.53.